The molecule has 0 saturated heterocycles. The fourth-order valence-electron chi connectivity index (χ4n) is 1.16. The fraction of sp³-hybridized carbons (Fsp3) is 0.455. The summed E-state index contributed by atoms with van der Waals surface area (Å²) in [5, 5.41) is 9.49. The molecule has 1 aromatic carbocycles. The molecule has 90 valence electrons. The van der Waals surface area contributed by atoms with Crippen molar-refractivity contribution in [1.29, 1.82) is 0 Å². The standard InChI is InChI=1S/C11H13F3OS/c1-7(2)16-6-8-3-4-10(15)9(5-8)11(12,13)14/h3-5,7,15H,6H2,1-2H3. The van der Waals surface area contributed by atoms with Gasteiger partial charge in [-0.05, 0) is 22.9 Å². The Balaban J connectivity index is 2.90. The van der Waals surface area contributed by atoms with E-state index in [1.54, 1.807) is 11.8 Å². The minimum absolute atomic E-state index is 0.364. The molecule has 0 saturated carbocycles. The van der Waals surface area contributed by atoms with Gasteiger partial charge in [0.2, 0.25) is 0 Å². The first-order valence-electron chi connectivity index (χ1n) is 4.81. The van der Waals surface area contributed by atoms with Gasteiger partial charge in [0, 0.05) is 5.75 Å². The highest BCUT2D eigenvalue weighted by molar-refractivity contribution is 7.99. The number of benzene rings is 1. The number of aromatic hydroxyl groups is 1. The Morgan fingerprint density at radius 3 is 2.44 bits per heavy atom. The molecule has 0 bridgehead atoms. The first kappa shape index (κ1) is 13.2. The van der Waals surface area contributed by atoms with Crippen molar-refractivity contribution in [2.75, 3.05) is 0 Å². The molecule has 1 rings (SSSR count). The second kappa shape index (κ2) is 4.99. The molecule has 1 N–H and O–H groups in total. The van der Waals surface area contributed by atoms with Gasteiger partial charge in [-0.1, -0.05) is 19.9 Å². The van der Waals surface area contributed by atoms with E-state index >= 15 is 0 Å². The van der Waals surface area contributed by atoms with Crippen LogP contribution in [0.1, 0.15) is 25.0 Å². The maximum atomic E-state index is 12.5. The quantitative estimate of drug-likeness (QED) is 0.873. The van der Waals surface area contributed by atoms with Crippen LogP contribution in [-0.2, 0) is 11.9 Å². The monoisotopic (exact) mass is 250 g/mol. The summed E-state index contributed by atoms with van der Waals surface area (Å²) in [6.45, 7) is 3.96. The lowest BCUT2D eigenvalue weighted by Gasteiger charge is -2.11. The van der Waals surface area contributed by atoms with Crippen LogP contribution in [0.4, 0.5) is 13.2 Å². The number of hydrogen-bond acceptors (Lipinski definition) is 2. The fourth-order valence-corrected chi connectivity index (χ4v) is 1.87. The molecule has 0 radical (unpaired) electrons. The highest BCUT2D eigenvalue weighted by atomic mass is 32.2. The van der Waals surface area contributed by atoms with Crippen LogP contribution >= 0.6 is 11.8 Å². The van der Waals surface area contributed by atoms with Gasteiger partial charge in [-0.15, -0.1) is 0 Å². The number of thioether (sulfide) groups is 1. The molecule has 0 aromatic heterocycles. The van der Waals surface area contributed by atoms with Crippen molar-refractivity contribution in [2.24, 2.45) is 0 Å². The third-order valence-corrected chi connectivity index (χ3v) is 3.12. The molecule has 5 heteroatoms. The van der Waals surface area contributed by atoms with Crippen LogP contribution in [0.2, 0.25) is 0 Å². The molecule has 0 fully saturated rings. The topological polar surface area (TPSA) is 20.2 Å². The molecule has 0 amide bonds. The zero-order valence-corrected chi connectivity index (χ0v) is 9.82. The first-order chi connectivity index (χ1) is 7.30. The van der Waals surface area contributed by atoms with Gasteiger partial charge in [-0.2, -0.15) is 24.9 Å². The zero-order valence-electron chi connectivity index (χ0n) is 9.01. The Bertz CT molecular complexity index is 361. The van der Waals surface area contributed by atoms with E-state index in [-0.39, 0.29) is 0 Å². The minimum Gasteiger partial charge on any atom is -0.507 e. The molecule has 0 unspecified atom stereocenters. The van der Waals surface area contributed by atoms with Crippen LogP contribution in [-0.4, -0.2) is 10.4 Å². The number of phenolic OH excluding ortho intramolecular Hbond substituents is 1. The first-order valence-corrected chi connectivity index (χ1v) is 5.86. The van der Waals surface area contributed by atoms with Crippen molar-refractivity contribution in [3.05, 3.63) is 29.3 Å². The second-order valence-corrected chi connectivity index (χ2v) is 5.27. The number of rotatable bonds is 3. The SMILES string of the molecule is CC(C)SCc1ccc(O)c(C(F)(F)F)c1. The van der Waals surface area contributed by atoms with E-state index in [9.17, 15) is 13.2 Å². The molecular formula is C11H13F3OS. The highest BCUT2D eigenvalue weighted by Crippen LogP contribution is 2.36. The number of halogens is 3. The molecule has 1 nitrogen and oxygen atoms in total. The number of hydrogen-bond donors (Lipinski definition) is 1. The Morgan fingerprint density at radius 1 is 1.31 bits per heavy atom. The van der Waals surface area contributed by atoms with E-state index in [1.807, 2.05) is 13.8 Å². The summed E-state index contributed by atoms with van der Waals surface area (Å²) < 4.78 is 37.4. The van der Waals surface area contributed by atoms with Crippen LogP contribution in [0, 0.1) is 0 Å². The van der Waals surface area contributed by atoms with Gasteiger partial charge in [-0.3, -0.25) is 0 Å². The largest absolute Gasteiger partial charge is 0.507 e. The van der Waals surface area contributed by atoms with Crippen molar-refractivity contribution in [1.82, 2.24) is 0 Å². The van der Waals surface area contributed by atoms with Gasteiger partial charge in [0.1, 0.15) is 5.75 Å². The van der Waals surface area contributed by atoms with Crippen molar-refractivity contribution in [3.63, 3.8) is 0 Å². The lowest BCUT2D eigenvalue weighted by Crippen LogP contribution is -2.06. The summed E-state index contributed by atoms with van der Waals surface area (Å²) in [5.41, 5.74) is -0.391. The van der Waals surface area contributed by atoms with Gasteiger partial charge >= 0.3 is 6.18 Å². The van der Waals surface area contributed by atoms with E-state index in [0.717, 1.165) is 12.1 Å². The summed E-state index contributed by atoms with van der Waals surface area (Å²) in [4.78, 5) is 0. The van der Waals surface area contributed by atoms with Crippen molar-refractivity contribution in [3.8, 4) is 5.75 Å². The molecule has 0 atom stereocenters. The van der Waals surface area contributed by atoms with Gasteiger partial charge in [0.25, 0.3) is 0 Å². The molecule has 1 aromatic rings. The average molecular weight is 250 g/mol. The van der Waals surface area contributed by atoms with E-state index in [4.69, 9.17) is 5.11 Å². The summed E-state index contributed by atoms with van der Waals surface area (Å²) in [6, 6.07) is 3.61. The summed E-state index contributed by atoms with van der Waals surface area (Å²) >= 11 is 1.56. The van der Waals surface area contributed by atoms with Gasteiger partial charge in [0.15, 0.2) is 0 Å². The lowest BCUT2D eigenvalue weighted by atomic mass is 10.1. The molecular weight excluding hydrogens is 237 g/mol. The van der Waals surface area contributed by atoms with Gasteiger partial charge in [-0.25, -0.2) is 0 Å². The maximum Gasteiger partial charge on any atom is 0.419 e. The molecule has 0 aliphatic rings. The van der Waals surface area contributed by atoms with E-state index < -0.39 is 17.5 Å². The summed E-state index contributed by atoms with van der Waals surface area (Å²) in [6.07, 6.45) is -4.50. The highest BCUT2D eigenvalue weighted by Gasteiger charge is 2.33. The molecule has 0 aliphatic heterocycles. The number of alkyl halides is 3. The third-order valence-electron chi connectivity index (χ3n) is 1.95. The second-order valence-electron chi connectivity index (χ2n) is 3.71. The van der Waals surface area contributed by atoms with Crippen LogP contribution in [0.5, 0.6) is 5.75 Å². The van der Waals surface area contributed by atoms with E-state index in [0.29, 0.717) is 16.6 Å². The van der Waals surface area contributed by atoms with Crippen molar-refractivity contribution in [2.45, 2.75) is 31.0 Å². The minimum atomic E-state index is -4.50. The molecule has 16 heavy (non-hydrogen) atoms. The van der Waals surface area contributed by atoms with Crippen LogP contribution in [0.25, 0.3) is 0 Å². The molecule has 0 spiro atoms. The Labute approximate surface area is 96.7 Å². The third kappa shape index (κ3) is 3.63. The van der Waals surface area contributed by atoms with Crippen molar-refractivity contribution < 1.29 is 18.3 Å². The van der Waals surface area contributed by atoms with Gasteiger partial charge < -0.3 is 5.11 Å². The zero-order chi connectivity index (χ0) is 12.3. The Hall–Kier alpha value is -0.840. The number of phenols is 1. The average Bonchev–Trinajstić information content (AvgIpc) is 2.14. The smallest absolute Gasteiger partial charge is 0.419 e. The Morgan fingerprint density at radius 2 is 1.94 bits per heavy atom. The summed E-state index contributed by atoms with van der Waals surface area (Å²) in [5.74, 6) is -0.202. The van der Waals surface area contributed by atoms with Crippen molar-refractivity contribution >= 4 is 11.8 Å². The lowest BCUT2D eigenvalue weighted by molar-refractivity contribution is -0.138. The predicted molar refractivity (Wildman–Crippen MR) is 59.5 cm³/mol. The summed E-state index contributed by atoms with van der Waals surface area (Å²) in [7, 11) is 0. The normalized spacial score (nSPS) is 12.1. The Kier molecular flexibility index (Phi) is 4.13. The maximum absolute atomic E-state index is 12.5. The van der Waals surface area contributed by atoms with E-state index in [1.165, 1.54) is 6.07 Å². The van der Waals surface area contributed by atoms with Gasteiger partial charge in [0.05, 0.1) is 5.56 Å². The molecule has 0 aliphatic carbocycles. The van der Waals surface area contributed by atoms with Crippen LogP contribution in [0.15, 0.2) is 18.2 Å². The predicted octanol–water partition coefficient (Wildman–Crippen LogP) is 4.05. The van der Waals surface area contributed by atoms with E-state index in [2.05, 4.69) is 0 Å². The van der Waals surface area contributed by atoms with Crippen LogP contribution < -0.4 is 0 Å². The van der Waals surface area contributed by atoms with Crippen LogP contribution in [0.3, 0.4) is 0 Å². The molecule has 0 heterocycles.